The maximum Gasteiger partial charge on any atom is 0.146 e. The van der Waals surface area contributed by atoms with Crippen LogP contribution in [0.1, 0.15) is 5.56 Å². The number of fused-ring (bicyclic) bond motifs is 1. The maximum absolute atomic E-state index is 13.9. The van der Waals surface area contributed by atoms with Crippen LogP contribution in [-0.4, -0.2) is 4.57 Å². The van der Waals surface area contributed by atoms with E-state index in [9.17, 15) is 8.78 Å². The van der Waals surface area contributed by atoms with Crippen molar-refractivity contribution >= 4 is 22.5 Å². The molecule has 0 bridgehead atoms. The van der Waals surface area contributed by atoms with Crippen LogP contribution in [0.5, 0.6) is 0 Å². The highest BCUT2D eigenvalue weighted by Gasteiger charge is 2.08. The number of hydrogen-bond acceptors (Lipinski definition) is 0. The molecule has 0 aliphatic heterocycles. The number of hydrogen-bond donors (Lipinski definition) is 0. The van der Waals surface area contributed by atoms with Gasteiger partial charge in [0.2, 0.25) is 0 Å². The molecule has 0 aliphatic carbocycles. The molecule has 0 atom stereocenters. The fourth-order valence-electron chi connectivity index (χ4n) is 2.15. The molecule has 0 amide bonds. The lowest BCUT2D eigenvalue weighted by atomic mass is 10.2. The number of halogens is 3. The molecule has 2 aromatic carbocycles. The van der Waals surface area contributed by atoms with Gasteiger partial charge in [0.05, 0.1) is 17.1 Å². The van der Waals surface area contributed by atoms with Crippen LogP contribution in [0.3, 0.4) is 0 Å². The molecule has 96 valence electrons. The fourth-order valence-corrected chi connectivity index (χ4v) is 2.34. The van der Waals surface area contributed by atoms with Gasteiger partial charge in [-0.3, -0.25) is 0 Å². The monoisotopic (exact) mass is 277 g/mol. The summed E-state index contributed by atoms with van der Waals surface area (Å²) < 4.78 is 28.9. The summed E-state index contributed by atoms with van der Waals surface area (Å²) in [5.41, 5.74) is 1.22. The van der Waals surface area contributed by atoms with E-state index in [1.165, 1.54) is 18.2 Å². The van der Waals surface area contributed by atoms with Gasteiger partial charge in [-0.05, 0) is 35.7 Å². The number of nitrogens with zero attached hydrogens (tertiary/aromatic N) is 1. The molecule has 1 aromatic heterocycles. The largest absolute Gasteiger partial charge is 0.343 e. The number of aromatic nitrogens is 1. The highest BCUT2D eigenvalue weighted by molar-refractivity contribution is 6.30. The van der Waals surface area contributed by atoms with Gasteiger partial charge in [0.15, 0.2) is 0 Å². The van der Waals surface area contributed by atoms with Gasteiger partial charge in [-0.15, -0.1) is 0 Å². The minimum Gasteiger partial charge on any atom is -0.343 e. The molecule has 0 fully saturated rings. The van der Waals surface area contributed by atoms with Crippen LogP contribution in [-0.2, 0) is 6.54 Å². The van der Waals surface area contributed by atoms with Gasteiger partial charge in [-0.2, -0.15) is 0 Å². The van der Waals surface area contributed by atoms with Crippen molar-refractivity contribution in [1.29, 1.82) is 0 Å². The Hall–Kier alpha value is -1.87. The molecule has 3 rings (SSSR count). The first kappa shape index (κ1) is 12.2. The summed E-state index contributed by atoms with van der Waals surface area (Å²) in [6.07, 6.45) is 1.81. The summed E-state index contributed by atoms with van der Waals surface area (Å²) in [5.74, 6) is -0.735. The van der Waals surface area contributed by atoms with Gasteiger partial charge in [-0.25, -0.2) is 8.78 Å². The molecule has 0 spiro atoms. The zero-order chi connectivity index (χ0) is 13.4. The first-order valence-electron chi connectivity index (χ1n) is 5.82. The van der Waals surface area contributed by atoms with Crippen molar-refractivity contribution in [2.24, 2.45) is 0 Å². The highest BCUT2D eigenvalue weighted by Crippen LogP contribution is 2.22. The second kappa shape index (κ2) is 4.67. The van der Waals surface area contributed by atoms with E-state index in [4.69, 9.17) is 11.6 Å². The third-order valence-corrected chi connectivity index (χ3v) is 3.40. The van der Waals surface area contributed by atoms with Crippen molar-refractivity contribution in [1.82, 2.24) is 4.57 Å². The van der Waals surface area contributed by atoms with Crippen LogP contribution in [0.25, 0.3) is 10.9 Å². The van der Waals surface area contributed by atoms with Crippen LogP contribution in [0, 0.1) is 11.6 Å². The minimum absolute atomic E-state index is 0.0974. The summed E-state index contributed by atoms with van der Waals surface area (Å²) in [5, 5.41) is 1.02. The average molecular weight is 278 g/mol. The molecule has 1 nitrogen and oxygen atoms in total. The molecule has 4 heteroatoms. The zero-order valence-electron chi connectivity index (χ0n) is 9.91. The van der Waals surface area contributed by atoms with Crippen LogP contribution in [0.2, 0.25) is 5.02 Å². The van der Waals surface area contributed by atoms with Crippen molar-refractivity contribution in [2.45, 2.75) is 6.54 Å². The van der Waals surface area contributed by atoms with E-state index in [0.717, 1.165) is 10.9 Å². The third-order valence-electron chi connectivity index (χ3n) is 3.11. The molecule has 0 saturated carbocycles. The molecule has 0 aliphatic rings. The van der Waals surface area contributed by atoms with E-state index >= 15 is 0 Å². The van der Waals surface area contributed by atoms with Gasteiger partial charge >= 0.3 is 0 Å². The maximum atomic E-state index is 13.9. The van der Waals surface area contributed by atoms with Crippen LogP contribution in [0.15, 0.2) is 48.7 Å². The Bertz CT molecular complexity index is 749. The average Bonchev–Trinajstić information content (AvgIpc) is 2.78. The summed E-state index contributed by atoms with van der Waals surface area (Å²) >= 11 is 5.75. The molecule has 1 heterocycles. The van der Waals surface area contributed by atoms with E-state index in [0.29, 0.717) is 12.1 Å². The summed E-state index contributed by atoms with van der Waals surface area (Å²) in [7, 11) is 0. The third kappa shape index (κ3) is 2.22. The summed E-state index contributed by atoms with van der Waals surface area (Å²) in [6.45, 7) is 0.319. The smallest absolute Gasteiger partial charge is 0.146 e. The minimum atomic E-state index is -0.428. The molecule has 0 radical (unpaired) electrons. The van der Waals surface area contributed by atoms with Crippen molar-refractivity contribution in [3.05, 3.63) is 70.9 Å². The molecule has 19 heavy (non-hydrogen) atoms. The van der Waals surface area contributed by atoms with Crippen molar-refractivity contribution in [3.63, 3.8) is 0 Å². The lowest BCUT2D eigenvalue weighted by molar-refractivity contribution is 0.602. The molecular weight excluding hydrogens is 268 g/mol. The lowest BCUT2D eigenvalue weighted by Crippen LogP contribution is -2.01. The van der Waals surface area contributed by atoms with Crippen LogP contribution in [0.4, 0.5) is 8.78 Å². The topological polar surface area (TPSA) is 4.93 Å². The second-order valence-corrected chi connectivity index (χ2v) is 4.77. The predicted octanol–water partition coefficient (Wildman–Crippen LogP) is 4.62. The van der Waals surface area contributed by atoms with Gasteiger partial charge in [-0.1, -0.05) is 23.7 Å². The van der Waals surface area contributed by atoms with E-state index in [-0.39, 0.29) is 10.8 Å². The molecule has 0 N–H and O–H groups in total. The first-order valence-corrected chi connectivity index (χ1v) is 6.20. The Morgan fingerprint density at radius 1 is 1.05 bits per heavy atom. The van der Waals surface area contributed by atoms with Gasteiger partial charge in [0.1, 0.15) is 11.6 Å². The Kier molecular flexibility index (Phi) is 2.99. The van der Waals surface area contributed by atoms with E-state index < -0.39 is 5.82 Å². The van der Waals surface area contributed by atoms with E-state index in [1.807, 2.05) is 12.3 Å². The van der Waals surface area contributed by atoms with Gasteiger partial charge in [0, 0.05) is 11.8 Å². The molecule has 0 saturated heterocycles. The fraction of sp³-hybridized carbons (Fsp3) is 0.0667. The quantitative estimate of drug-likeness (QED) is 0.644. The van der Waals surface area contributed by atoms with Crippen LogP contribution < -0.4 is 0 Å². The van der Waals surface area contributed by atoms with E-state index in [2.05, 4.69) is 0 Å². The number of benzene rings is 2. The second-order valence-electron chi connectivity index (χ2n) is 4.36. The zero-order valence-corrected chi connectivity index (χ0v) is 10.7. The van der Waals surface area contributed by atoms with Crippen molar-refractivity contribution in [2.75, 3.05) is 0 Å². The van der Waals surface area contributed by atoms with Gasteiger partial charge in [0.25, 0.3) is 0 Å². The van der Waals surface area contributed by atoms with Gasteiger partial charge < -0.3 is 4.57 Å². The standard InChI is InChI=1S/C15H10ClF2N/c16-13-3-1-2-11(15(13)18)9-19-7-6-10-4-5-12(17)8-14(10)19/h1-8H,9H2. The Labute approximate surface area is 114 Å². The lowest BCUT2D eigenvalue weighted by Gasteiger charge is -2.07. The Morgan fingerprint density at radius 3 is 2.74 bits per heavy atom. The van der Waals surface area contributed by atoms with Crippen LogP contribution >= 0.6 is 11.6 Å². The molecule has 0 unspecified atom stereocenters. The van der Waals surface area contributed by atoms with Crippen molar-refractivity contribution in [3.8, 4) is 0 Å². The predicted molar refractivity (Wildman–Crippen MR) is 72.4 cm³/mol. The SMILES string of the molecule is Fc1ccc2ccn(Cc3cccc(Cl)c3F)c2c1. The summed E-state index contributed by atoms with van der Waals surface area (Å²) in [4.78, 5) is 0. The summed E-state index contributed by atoms with van der Waals surface area (Å²) in [6, 6.07) is 11.3. The van der Waals surface area contributed by atoms with Crippen molar-refractivity contribution < 1.29 is 8.78 Å². The highest BCUT2D eigenvalue weighted by atomic mass is 35.5. The number of rotatable bonds is 2. The normalized spacial score (nSPS) is 11.1. The Morgan fingerprint density at radius 2 is 1.89 bits per heavy atom. The first-order chi connectivity index (χ1) is 9.15. The molecule has 3 aromatic rings. The molecular formula is C15H10ClF2N. The Balaban J connectivity index is 2.06. The van der Waals surface area contributed by atoms with E-state index in [1.54, 1.807) is 22.8 Å².